The van der Waals surface area contributed by atoms with Crippen LogP contribution in [0.25, 0.3) is 0 Å². The average molecular weight is 296 g/mol. The van der Waals surface area contributed by atoms with E-state index in [9.17, 15) is 9.59 Å². The molecule has 0 aliphatic carbocycles. The van der Waals surface area contributed by atoms with E-state index in [0.29, 0.717) is 19.4 Å². The Labute approximate surface area is 130 Å². The summed E-state index contributed by atoms with van der Waals surface area (Å²) < 4.78 is 0. The van der Waals surface area contributed by atoms with E-state index < -0.39 is 0 Å². The molecule has 0 aliphatic heterocycles. The van der Waals surface area contributed by atoms with Gasteiger partial charge in [0.2, 0.25) is 11.8 Å². The molecule has 4 nitrogen and oxygen atoms in total. The van der Waals surface area contributed by atoms with Gasteiger partial charge in [0, 0.05) is 18.7 Å². The first kappa shape index (κ1) is 15.8. The van der Waals surface area contributed by atoms with Gasteiger partial charge in [0.15, 0.2) is 0 Å². The topological polar surface area (TPSA) is 58.2 Å². The second-order valence-corrected chi connectivity index (χ2v) is 5.04. The molecule has 0 aliphatic rings. The summed E-state index contributed by atoms with van der Waals surface area (Å²) >= 11 is 0. The van der Waals surface area contributed by atoms with Crippen LogP contribution in [-0.2, 0) is 22.6 Å². The molecule has 4 heteroatoms. The third-order valence-corrected chi connectivity index (χ3v) is 3.26. The minimum atomic E-state index is -0.0200. The Morgan fingerprint density at radius 2 is 1.55 bits per heavy atom. The van der Waals surface area contributed by atoms with Crippen molar-refractivity contribution in [1.82, 2.24) is 5.32 Å². The Balaban J connectivity index is 1.82. The molecule has 22 heavy (non-hydrogen) atoms. The van der Waals surface area contributed by atoms with Gasteiger partial charge in [-0.25, -0.2) is 0 Å². The number of nitrogens with one attached hydrogen (secondary N) is 2. The van der Waals surface area contributed by atoms with Crippen molar-refractivity contribution < 1.29 is 9.59 Å². The van der Waals surface area contributed by atoms with Gasteiger partial charge in [0.05, 0.1) is 6.42 Å². The summed E-state index contributed by atoms with van der Waals surface area (Å²) in [5.74, 6) is -0.0393. The van der Waals surface area contributed by atoms with Crippen molar-refractivity contribution in [2.24, 2.45) is 0 Å². The highest BCUT2D eigenvalue weighted by atomic mass is 16.2. The standard InChI is InChI=1S/C18H20N2O2/c1-2-17(21)20-16-10-8-14(9-11-16)12-18(22)19-13-15-6-4-3-5-7-15/h3-11H,2,12-13H2,1H3,(H,19,22)(H,20,21). The lowest BCUT2D eigenvalue weighted by Gasteiger charge is -2.07. The van der Waals surface area contributed by atoms with Crippen LogP contribution in [0, 0.1) is 0 Å². The van der Waals surface area contributed by atoms with Crippen LogP contribution in [-0.4, -0.2) is 11.8 Å². The zero-order valence-corrected chi connectivity index (χ0v) is 12.6. The number of carbonyl (C=O) groups is 2. The van der Waals surface area contributed by atoms with Gasteiger partial charge in [0.1, 0.15) is 0 Å². The highest BCUT2D eigenvalue weighted by molar-refractivity contribution is 5.90. The van der Waals surface area contributed by atoms with Crippen LogP contribution in [0.3, 0.4) is 0 Å². The van der Waals surface area contributed by atoms with Crippen molar-refractivity contribution in [1.29, 1.82) is 0 Å². The maximum absolute atomic E-state index is 11.9. The lowest BCUT2D eigenvalue weighted by atomic mass is 10.1. The van der Waals surface area contributed by atoms with E-state index >= 15 is 0 Å². The Bertz CT molecular complexity index is 621. The summed E-state index contributed by atoms with van der Waals surface area (Å²) in [6.07, 6.45) is 0.776. The largest absolute Gasteiger partial charge is 0.352 e. The van der Waals surface area contributed by atoms with Crippen molar-refractivity contribution >= 4 is 17.5 Å². The minimum absolute atomic E-state index is 0.0193. The van der Waals surface area contributed by atoms with Gasteiger partial charge in [-0.3, -0.25) is 9.59 Å². The van der Waals surface area contributed by atoms with Crippen molar-refractivity contribution in [2.75, 3.05) is 5.32 Å². The van der Waals surface area contributed by atoms with E-state index in [1.807, 2.05) is 54.6 Å². The normalized spacial score (nSPS) is 10.0. The summed E-state index contributed by atoms with van der Waals surface area (Å²) in [4.78, 5) is 23.2. The van der Waals surface area contributed by atoms with Crippen molar-refractivity contribution in [3.63, 3.8) is 0 Å². The molecule has 2 aromatic carbocycles. The van der Waals surface area contributed by atoms with E-state index in [4.69, 9.17) is 0 Å². The third kappa shape index (κ3) is 5.05. The fraction of sp³-hybridized carbons (Fsp3) is 0.222. The number of benzene rings is 2. The molecule has 0 saturated heterocycles. The highest BCUT2D eigenvalue weighted by Crippen LogP contribution is 2.10. The molecule has 0 bridgehead atoms. The van der Waals surface area contributed by atoms with E-state index in [0.717, 1.165) is 16.8 Å². The van der Waals surface area contributed by atoms with E-state index in [2.05, 4.69) is 10.6 Å². The quantitative estimate of drug-likeness (QED) is 0.861. The fourth-order valence-corrected chi connectivity index (χ4v) is 2.00. The molecule has 0 heterocycles. The fourth-order valence-electron chi connectivity index (χ4n) is 2.00. The van der Waals surface area contributed by atoms with Gasteiger partial charge in [-0.2, -0.15) is 0 Å². The van der Waals surface area contributed by atoms with Gasteiger partial charge >= 0.3 is 0 Å². The predicted molar refractivity (Wildman–Crippen MR) is 87.4 cm³/mol. The molecule has 0 spiro atoms. The summed E-state index contributed by atoms with van der Waals surface area (Å²) in [5, 5.41) is 5.67. The number of hydrogen-bond donors (Lipinski definition) is 2. The number of carbonyl (C=O) groups excluding carboxylic acids is 2. The zero-order chi connectivity index (χ0) is 15.8. The zero-order valence-electron chi connectivity index (χ0n) is 12.6. The van der Waals surface area contributed by atoms with Crippen LogP contribution in [0.4, 0.5) is 5.69 Å². The second-order valence-electron chi connectivity index (χ2n) is 5.04. The maximum atomic E-state index is 11.9. The lowest BCUT2D eigenvalue weighted by Crippen LogP contribution is -2.24. The molecule has 2 rings (SSSR count). The monoisotopic (exact) mass is 296 g/mol. The first-order valence-electron chi connectivity index (χ1n) is 7.37. The molecular formula is C18H20N2O2. The van der Waals surface area contributed by atoms with Gasteiger partial charge in [-0.1, -0.05) is 49.4 Å². The number of hydrogen-bond acceptors (Lipinski definition) is 2. The van der Waals surface area contributed by atoms with Crippen molar-refractivity contribution in [2.45, 2.75) is 26.3 Å². The predicted octanol–water partition coefficient (Wildman–Crippen LogP) is 2.89. The molecule has 2 aromatic rings. The lowest BCUT2D eigenvalue weighted by molar-refractivity contribution is -0.120. The summed E-state index contributed by atoms with van der Waals surface area (Å²) in [6, 6.07) is 17.1. The molecule has 2 amide bonds. The Morgan fingerprint density at radius 3 is 2.18 bits per heavy atom. The van der Waals surface area contributed by atoms with Crippen LogP contribution < -0.4 is 10.6 Å². The first-order chi connectivity index (χ1) is 10.7. The molecule has 0 atom stereocenters. The van der Waals surface area contributed by atoms with E-state index in [-0.39, 0.29) is 11.8 Å². The third-order valence-electron chi connectivity index (χ3n) is 3.26. The van der Waals surface area contributed by atoms with Gasteiger partial charge in [0.25, 0.3) is 0 Å². The van der Waals surface area contributed by atoms with Crippen LogP contribution in [0.5, 0.6) is 0 Å². The van der Waals surface area contributed by atoms with Crippen molar-refractivity contribution in [3.05, 3.63) is 65.7 Å². The van der Waals surface area contributed by atoms with Crippen molar-refractivity contribution in [3.8, 4) is 0 Å². The van der Waals surface area contributed by atoms with Gasteiger partial charge < -0.3 is 10.6 Å². The molecule has 0 aromatic heterocycles. The Morgan fingerprint density at radius 1 is 0.864 bits per heavy atom. The molecule has 0 radical (unpaired) electrons. The number of anilines is 1. The van der Waals surface area contributed by atoms with Gasteiger partial charge in [-0.15, -0.1) is 0 Å². The van der Waals surface area contributed by atoms with E-state index in [1.165, 1.54) is 0 Å². The molecule has 0 unspecified atom stereocenters. The SMILES string of the molecule is CCC(=O)Nc1ccc(CC(=O)NCc2ccccc2)cc1. The second kappa shape index (κ2) is 7.98. The molecule has 114 valence electrons. The van der Waals surface area contributed by atoms with Gasteiger partial charge in [-0.05, 0) is 23.3 Å². The maximum Gasteiger partial charge on any atom is 0.224 e. The smallest absolute Gasteiger partial charge is 0.224 e. The summed E-state index contributed by atoms with van der Waals surface area (Å²) in [5.41, 5.74) is 2.74. The highest BCUT2D eigenvalue weighted by Gasteiger charge is 2.04. The Hall–Kier alpha value is -2.62. The van der Waals surface area contributed by atoms with E-state index in [1.54, 1.807) is 6.92 Å². The minimum Gasteiger partial charge on any atom is -0.352 e. The number of rotatable bonds is 6. The Kier molecular flexibility index (Phi) is 5.72. The molecular weight excluding hydrogens is 276 g/mol. The van der Waals surface area contributed by atoms with Crippen LogP contribution in [0.1, 0.15) is 24.5 Å². The molecule has 0 saturated carbocycles. The average Bonchev–Trinajstić information content (AvgIpc) is 2.55. The molecule has 2 N–H and O–H groups in total. The summed E-state index contributed by atoms with van der Waals surface area (Å²) in [6.45, 7) is 2.34. The molecule has 0 fully saturated rings. The number of amides is 2. The summed E-state index contributed by atoms with van der Waals surface area (Å²) in [7, 11) is 0. The van der Waals surface area contributed by atoms with Crippen LogP contribution >= 0.6 is 0 Å². The van der Waals surface area contributed by atoms with Crippen LogP contribution in [0.2, 0.25) is 0 Å². The van der Waals surface area contributed by atoms with Crippen LogP contribution in [0.15, 0.2) is 54.6 Å². The first-order valence-corrected chi connectivity index (χ1v) is 7.37.